The van der Waals surface area contributed by atoms with Gasteiger partial charge in [0.1, 0.15) is 18.1 Å². The Hall–Kier alpha value is -3.44. The van der Waals surface area contributed by atoms with E-state index in [0.29, 0.717) is 48.0 Å². The maximum atomic E-state index is 14.8. The summed E-state index contributed by atoms with van der Waals surface area (Å²) < 4.78 is 20.0. The average Bonchev–Trinajstić information content (AvgIpc) is 3.39. The summed E-state index contributed by atoms with van der Waals surface area (Å²) in [4.78, 5) is 21.3. The van der Waals surface area contributed by atoms with Gasteiger partial charge in [0.15, 0.2) is 6.10 Å². The molecular weight excluding hydrogens is 403 g/mol. The topological polar surface area (TPSA) is 117 Å². The molecule has 1 fully saturated rings. The van der Waals surface area contributed by atoms with Crippen molar-refractivity contribution in [2.45, 2.75) is 12.6 Å². The molecule has 0 unspecified atom stereocenters. The van der Waals surface area contributed by atoms with Crippen LogP contribution in [0, 0.1) is 5.82 Å². The molecule has 1 aliphatic rings. The summed E-state index contributed by atoms with van der Waals surface area (Å²) >= 11 is 0. The Balaban J connectivity index is 1.50. The first-order valence-corrected chi connectivity index (χ1v) is 9.91. The third kappa shape index (κ3) is 4.52. The van der Waals surface area contributed by atoms with Gasteiger partial charge in [0, 0.05) is 23.9 Å². The molecule has 1 aromatic carbocycles. The molecule has 1 atom stereocenters. The standard InChI is InChI=1S/C20H23FN8O2/c1-27(2)7-8-29-25-19(24-26-29)18-6-3-13(11-23-18)16-5-4-14(9-17(16)21)28-12-15(10-22)31-20(28)30/h3-6,9,11,15H,7-8,10,12,22H2,1-2H3/p+1/t15-/m0/s1. The number of hydrogen-bond donors (Lipinski definition) is 1. The molecule has 3 N–H and O–H groups in total. The number of carbonyl (C=O) groups excluding carboxylic acids is 1. The number of cyclic esters (lactones) is 1. The third-order valence-corrected chi connectivity index (χ3v) is 4.96. The second kappa shape index (κ2) is 8.74. The molecule has 0 saturated carbocycles. The fraction of sp³-hybridized carbons (Fsp3) is 0.350. The highest BCUT2D eigenvalue weighted by Crippen LogP contribution is 2.29. The minimum Gasteiger partial charge on any atom is -0.438 e. The van der Waals surface area contributed by atoms with Crippen molar-refractivity contribution in [2.75, 3.05) is 38.6 Å². The number of amides is 1. The number of halogens is 1. The zero-order valence-corrected chi connectivity index (χ0v) is 17.4. The number of hydrogen-bond acceptors (Lipinski definition) is 7. The molecule has 10 nitrogen and oxygen atoms in total. The number of benzene rings is 1. The average molecular weight is 427 g/mol. The highest BCUT2D eigenvalue weighted by atomic mass is 19.1. The zero-order chi connectivity index (χ0) is 22.0. The van der Waals surface area contributed by atoms with E-state index in [1.165, 1.54) is 15.8 Å². The molecule has 3 aromatic rings. The van der Waals surface area contributed by atoms with Gasteiger partial charge in [-0.1, -0.05) is 6.07 Å². The third-order valence-electron chi connectivity index (χ3n) is 4.96. The van der Waals surface area contributed by atoms with E-state index in [1.54, 1.807) is 30.5 Å². The summed E-state index contributed by atoms with van der Waals surface area (Å²) in [6, 6.07) is 8.13. The second-order valence-corrected chi connectivity index (χ2v) is 7.51. The van der Waals surface area contributed by atoms with Crippen LogP contribution in [0.5, 0.6) is 0 Å². The summed E-state index contributed by atoms with van der Waals surface area (Å²) in [5.41, 5.74) is 5.73. The number of nitrogens with zero attached hydrogens (tertiary/aromatic N) is 7. The van der Waals surface area contributed by atoms with Crippen molar-refractivity contribution in [2.24, 2.45) is 0 Å². The van der Waals surface area contributed by atoms with Gasteiger partial charge in [-0.15, -0.1) is 10.2 Å². The van der Waals surface area contributed by atoms with Gasteiger partial charge in [0.25, 0.3) is 0 Å². The molecule has 2 aromatic heterocycles. The number of carbonyl (C=O) groups is 1. The predicted octanol–water partition coefficient (Wildman–Crippen LogP) is 0.670. The van der Waals surface area contributed by atoms with Crippen molar-refractivity contribution in [1.29, 1.82) is 0 Å². The van der Waals surface area contributed by atoms with Gasteiger partial charge in [0.05, 0.1) is 18.8 Å². The Morgan fingerprint density at radius 1 is 1.29 bits per heavy atom. The molecule has 1 amide bonds. The minimum absolute atomic E-state index is 0.276. The van der Waals surface area contributed by atoms with Crippen molar-refractivity contribution < 1.29 is 19.7 Å². The summed E-state index contributed by atoms with van der Waals surface area (Å²) in [7, 11) is 3.94. The maximum absolute atomic E-state index is 14.8. The van der Waals surface area contributed by atoms with Crippen LogP contribution in [-0.2, 0) is 11.3 Å². The van der Waals surface area contributed by atoms with Crippen molar-refractivity contribution in [3.05, 3.63) is 42.3 Å². The lowest BCUT2D eigenvalue weighted by Crippen LogP contribution is -2.56. The lowest BCUT2D eigenvalue weighted by molar-refractivity contribution is -0.380. The molecule has 31 heavy (non-hydrogen) atoms. The molecule has 3 heterocycles. The highest BCUT2D eigenvalue weighted by Gasteiger charge is 2.32. The van der Waals surface area contributed by atoms with E-state index in [2.05, 4.69) is 26.1 Å². The van der Waals surface area contributed by atoms with Crippen molar-refractivity contribution in [3.63, 3.8) is 0 Å². The summed E-state index contributed by atoms with van der Waals surface area (Å²) in [5, 5.41) is 12.4. The molecule has 1 saturated heterocycles. The molecule has 11 heteroatoms. The van der Waals surface area contributed by atoms with Crippen molar-refractivity contribution in [3.8, 4) is 22.6 Å². The molecule has 0 bridgehead atoms. The van der Waals surface area contributed by atoms with Crippen LogP contribution in [0.4, 0.5) is 14.9 Å². The molecule has 4 rings (SSSR count). The SMILES string of the molecule is CN(C)CCn1nnc(-c2ccc(-c3ccc(N4C[C@H](C[NH3+])OC4=O)cc3F)cn2)n1. The molecular formula is C20H24FN8O2+. The van der Waals surface area contributed by atoms with Crippen LogP contribution < -0.4 is 10.6 Å². The predicted molar refractivity (Wildman–Crippen MR) is 110 cm³/mol. The first-order chi connectivity index (χ1) is 14.9. The molecule has 1 aliphatic heterocycles. The Morgan fingerprint density at radius 3 is 2.77 bits per heavy atom. The van der Waals surface area contributed by atoms with Gasteiger partial charge in [-0.25, -0.2) is 9.18 Å². The fourth-order valence-electron chi connectivity index (χ4n) is 3.20. The molecule has 0 aliphatic carbocycles. The first-order valence-electron chi connectivity index (χ1n) is 9.91. The summed E-state index contributed by atoms with van der Waals surface area (Å²) in [6.45, 7) is 2.25. The van der Waals surface area contributed by atoms with E-state index in [0.717, 1.165) is 6.54 Å². The molecule has 0 spiro atoms. The number of aromatic nitrogens is 5. The van der Waals surface area contributed by atoms with Crippen LogP contribution in [0.15, 0.2) is 36.5 Å². The van der Waals surface area contributed by atoms with E-state index in [-0.39, 0.29) is 6.10 Å². The van der Waals surface area contributed by atoms with Crippen molar-refractivity contribution in [1.82, 2.24) is 30.1 Å². The van der Waals surface area contributed by atoms with E-state index in [4.69, 9.17) is 4.74 Å². The van der Waals surface area contributed by atoms with Gasteiger partial charge in [0.2, 0.25) is 5.82 Å². The van der Waals surface area contributed by atoms with Crippen LogP contribution >= 0.6 is 0 Å². The zero-order valence-electron chi connectivity index (χ0n) is 17.4. The van der Waals surface area contributed by atoms with Crippen molar-refractivity contribution >= 4 is 11.8 Å². The van der Waals surface area contributed by atoms with Gasteiger partial charge in [-0.05, 0) is 43.6 Å². The Labute approximate surface area is 178 Å². The van der Waals surface area contributed by atoms with Crippen LogP contribution in [0.25, 0.3) is 22.6 Å². The van der Waals surface area contributed by atoms with Crippen LogP contribution in [0.1, 0.15) is 0 Å². The Bertz CT molecular complexity index is 1070. The van der Waals surface area contributed by atoms with Gasteiger partial charge < -0.3 is 15.4 Å². The molecule has 162 valence electrons. The fourth-order valence-corrected chi connectivity index (χ4v) is 3.20. The van der Waals surface area contributed by atoms with Crippen LogP contribution in [0.2, 0.25) is 0 Å². The maximum Gasteiger partial charge on any atom is 0.414 e. The van der Waals surface area contributed by atoms with Crippen LogP contribution in [0.3, 0.4) is 0 Å². The van der Waals surface area contributed by atoms with Crippen LogP contribution in [-0.4, -0.2) is 76.0 Å². The van der Waals surface area contributed by atoms with E-state index in [1.807, 2.05) is 19.0 Å². The number of tetrazole rings is 1. The number of quaternary nitrogens is 1. The summed E-state index contributed by atoms with van der Waals surface area (Å²) in [6.07, 6.45) is 0.802. The smallest absolute Gasteiger partial charge is 0.414 e. The number of likely N-dealkylation sites (N-methyl/N-ethyl adjacent to an activating group) is 1. The number of rotatable bonds is 7. The monoisotopic (exact) mass is 427 g/mol. The Morgan fingerprint density at radius 2 is 2.13 bits per heavy atom. The lowest BCUT2D eigenvalue weighted by atomic mass is 10.1. The van der Waals surface area contributed by atoms with E-state index < -0.39 is 11.9 Å². The molecule has 0 radical (unpaired) electrons. The first kappa shape index (κ1) is 20.8. The lowest BCUT2D eigenvalue weighted by Gasteiger charge is -2.14. The quantitative estimate of drug-likeness (QED) is 0.589. The summed E-state index contributed by atoms with van der Waals surface area (Å²) in [5.74, 6) is -0.0423. The number of anilines is 1. The van der Waals surface area contributed by atoms with E-state index in [9.17, 15) is 9.18 Å². The highest BCUT2D eigenvalue weighted by molar-refractivity contribution is 5.90. The second-order valence-electron chi connectivity index (χ2n) is 7.51. The van der Waals surface area contributed by atoms with Gasteiger partial charge in [-0.3, -0.25) is 9.88 Å². The normalized spacial score (nSPS) is 16.2. The number of pyridine rings is 1. The number of ether oxygens (including phenoxy) is 1. The van der Waals surface area contributed by atoms with Gasteiger partial charge in [-0.2, -0.15) is 4.80 Å². The van der Waals surface area contributed by atoms with E-state index >= 15 is 0 Å². The van der Waals surface area contributed by atoms with Gasteiger partial charge >= 0.3 is 6.09 Å². The Kier molecular flexibility index (Phi) is 5.87. The largest absolute Gasteiger partial charge is 0.438 e. The minimum atomic E-state index is -0.488.